The average Bonchev–Trinajstić information content (AvgIpc) is 3.46. The van der Waals surface area contributed by atoms with E-state index in [1.54, 1.807) is 78.6 Å². The van der Waals surface area contributed by atoms with Gasteiger partial charge in [0.15, 0.2) is 17.8 Å². The Morgan fingerprint density at radius 1 is 1.05 bits per heavy atom. The second-order valence-corrected chi connectivity index (χ2v) is 18.9. The molecule has 2 heterocycles. The van der Waals surface area contributed by atoms with Crippen LogP contribution in [0.3, 0.4) is 0 Å². The van der Waals surface area contributed by atoms with E-state index in [1.807, 2.05) is 26.8 Å². The summed E-state index contributed by atoms with van der Waals surface area (Å²) in [5.74, 6) is -3.12. The highest BCUT2D eigenvalue weighted by atomic mass is 35.5. The predicted molar refractivity (Wildman–Crippen MR) is 219 cm³/mol. The van der Waals surface area contributed by atoms with Gasteiger partial charge in [0.25, 0.3) is 0 Å². The summed E-state index contributed by atoms with van der Waals surface area (Å²) in [7, 11) is 2.88. The van der Waals surface area contributed by atoms with Crippen molar-refractivity contribution in [1.82, 2.24) is 9.80 Å². The maximum Gasteiger partial charge on any atom is 0.509 e. The molecule has 0 bridgehead atoms. The molecule has 1 saturated carbocycles. The van der Waals surface area contributed by atoms with E-state index in [2.05, 4.69) is 0 Å². The summed E-state index contributed by atoms with van der Waals surface area (Å²) in [5, 5.41) is 14.7. The Bertz CT molecular complexity index is 1860. The molecule has 334 valence electrons. The monoisotopic (exact) mass is 863 g/mol. The molecule has 1 saturated heterocycles. The van der Waals surface area contributed by atoms with Crippen molar-refractivity contribution in [2.45, 2.75) is 142 Å². The number of esters is 2. The van der Waals surface area contributed by atoms with Crippen molar-refractivity contribution >= 4 is 47.6 Å². The Kier molecular flexibility index (Phi) is 13.4. The third-order valence-electron chi connectivity index (χ3n) is 12.0. The number of fused-ring (bicyclic) bond motifs is 4. The SMILES string of the molecule is CCN(CC(C)[C@@H]1CC[C@@H](C)[C@@]2(O)[C@@H]1C=C(C)[C@@H](OC(C)=O)[C@@H]2OC(=O)[C@@H]1C[C@@]2(OC(=O)OC(C)(C)C)c3cccc(Cl)c3N(C)O[C@H]2N1C(=O)OC(C)(C)C)C(=O)OC. The zero-order valence-electron chi connectivity index (χ0n) is 37.0. The van der Waals surface area contributed by atoms with Crippen LogP contribution < -0.4 is 5.06 Å². The number of nitrogens with zero attached hydrogens (tertiary/aromatic N) is 3. The van der Waals surface area contributed by atoms with Crippen LogP contribution in [0.1, 0.15) is 101 Å². The highest BCUT2D eigenvalue weighted by Crippen LogP contribution is 2.56. The number of benzene rings is 1. The molecule has 1 N–H and O–H groups in total. The number of carbonyl (C=O) groups is 5. The van der Waals surface area contributed by atoms with Crippen LogP contribution in [0.4, 0.5) is 20.1 Å². The average molecular weight is 864 g/mol. The van der Waals surface area contributed by atoms with Gasteiger partial charge in [-0.25, -0.2) is 24.0 Å². The molecule has 17 heteroatoms. The molecule has 16 nitrogen and oxygen atoms in total. The maximum absolute atomic E-state index is 15.2. The van der Waals surface area contributed by atoms with Gasteiger partial charge in [-0.15, -0.1) is 0 Å². The second-order valence-electron chi connectivity index (χ2n) is 18.5. The predicted octanol–water partition coefficient (Wildman–Crippen LogP) is 7.13. The largest absolute Gasteiger partial charge is 0.509 e. The van der Waals surface area contributed by atoms with Crippen LogP contribution in [0.25, 0.3) is 0 Å². The van der Waals surface area contributed by atoms with Crippen LogP contribution in [-0.4, -0.2) is 114 Å². The molecule has 2 aliphatic carbocycles. The fourth-order valence-electron chi connectivity index (χ4n) is 9.32. The molecule has 0 aromatic heterocycles. The van der Waals surface area contributed by atoms with Gasteiger partial charge in [-0.2, -0.15) is 0 Å². The van der Waals surface area contributed by atoms with Crippen LogP contribution in [0, 0.1) is 23.7 Å². The molecule has 60 heavy (non-hydrogen) atoms. The van der Waals surface area contributed by atoms with Gasteiger partial charge in [0.05, 0.1) is 17.8 Å². The Balaban J connectivity index is 1.63. The highest BCUT2D eigenvalue weighted by Gasteiger charge is 2.67. The fourth-order valence-corrected chi connectivity index (χ4v) is 9.62. The minimum atomic E-state index is -1.91. The third-order valence-corrected chi connectivity index (χ3v) is 12.3. The van der Waals surface area contributed by atoms with Crippen LogP contribution in [0.5, 0.6) is 0 Å². The van der Waals surface area contributed by atoms with Crippen LogP contribution in [-0.2, 0) is 48.4 Å². The quantitative estimate of drug-likeness (QED) is 0.159. The minimum absolute atomic E-state index is 0.148. The maximum atomic E-state index is 15.2. The summed E-state index contributed by atoms with van der Waals surface area (Å²) in [6, 6.07) is 3.35. The van der Waals surface area contributed by atoms with Gasteiger partial charge >= 0.3 is 30.3 Å². The van der Waals surface area contributed by atoms with Gasteiger partial charge in [0, 0.05) is 45.0 Å². The van der Waals surface area contributed by atoms with Crippen molar-refractivity contribution in [2.75, 3.05) is 32.3 Å². The lowest BCUT2D eigenvalue weighted by Gasteiger charge is -2.56. The first-order chi connectivity index (χ1) is 27.8. The van der Waals surface area contributed by atoms with Crippen molar-refractivity contribution in [3.05, 3.63) is 40.4 Å². The van der Waals surface area contributed by atoms with Crippen LogP contribution >= 0.6 is 11.6 Å². The highest BCUT2D eigenvalue weighted by molar-refractivity contribution is 6.33. The standard InChI is InChI=1S/C43H62ClN3O13/c1-14-46(37(50)54-13)22-24(3)27-19-18-25(4)43(53)29(27)20-23(2)33(55-26(5)48)34(43)56-35(49)31-21-42(59-39(52)58-41(9,10)11)28-16-15-17-30(44)32(28)45(12)60-36(42)47(31)38(51)57-40(6,7)8/h15-17,20,24-25,27,29,31,33-34,36,53H,14,18-19,21-22H2,1-13H3/t24?,25-,27+,29-,31+,33-,34+,36-,42-,43-/m1/s1. The van der Waals surface area contributed by atoms with Crippen molar-refractivity contribution < 1.29 is 62.3 Å². The Morgan fingerprint density at radius 2 is 1.70 bits per heavy atom. The summed E-state index contributed by atoms with van der Waals surface area (Å²) in [4.78, 5) is 77.5. The van der Waals surface area contributed by atoms with Gasteiger partial charge in [-0.05, 0) is 97.6 Å². The second kappa shape index (κ2) is 17.2. The number of hydrogen-bond acceptors (Lipinski definition) is 14. The molecule has 1 aromatic carbocycles. The molecule has 2 amide bonds. The lowest BCUT2D eigenvalue weighted by molar-refractivity contribution is -0.227. The Hall–Kier alpha value is -4.28. The molecule has 2 aliphatic heterocycles. The van der Waals surface area contributed by atoms with Crippen molar-refractivity contribution in [3.63, 3.8) is 0 Å². The number of methoxy groups -OCH3 is 1. The number of hydrogen-bond donors (Lipinski definition) is 1. The molecule has 4 aliphatic rings. The molecule has 10 atom stereocenters. The van der Waals surface area contributed by atoms with Gasteiger partial charge in [0.2, 0.25) is 6.23 Å². The van der Waals surface area contributed by atoms with Gasteiger partial charge < -0.3 is 38.4 Å². The number of aliphatic hydroxyl groups is 1. The van der Waals surface area contributed by atoms with Crippen molar-refractivity contribution in [1.29, 1.82) is 0 Å². The van der Waals surface area contributed by atoms with Crippen LogP contribution in [0.15, 0.2) is 29.8 Å². The van der Waals surface area contributed by atoms with Gasteiger partial charge in [0.1, 0.15) is 22.8 Å². The number of para-hydroxylation sites is 1. The molecular formula is C43H62ClN3O13. The summed E-state index contributed by atoms with van der Waals surface area (Å²) in [6.07, 6.45) is -4.08. The summed E-state index contributed by atoms with van der Waals surface area (Å²) >= 11 is 6.71. The van der Waals surface area contributed by atoms with Gasteiger partial charge in [-0.1, -0.05) is 43.7 Å². The minimum Gasteiger partial charge on any atom is -0.454 e. The number of carbonyl (C=O) groups excluding carboxylic acids is 5. The number of halogens is 1. The molecular weight excluding hydrogens is 802 g/mol. The number of ether oxygens (including phenoxy) is 6. The van der Waals surface area contributed by atoms with E-state index < -0.39 is 95.4 Å². The number of rotatable bonds is 8. The smallest absolute Gasteiger partial charge is 0.454 e. The first kappa shape index (κ1) is 46.8. The molecule has 1 aromatic rings. The number of amides is 2. The van der Waals surface area contributed by atoms with Crippen molar-refractivity contribution in [3.8, 4) is 0 Å². The molecule has 0 spiro atoms. The summed E-state index contributed by atoms with van der Waals surface area (Å²) < 4.78 is 35.0. The molecule has 1 unspecified atom stereocenters. The zero-order chi connectivity index (χ0) is 44.9. The van der Waals surface area contributed by atoms with Gasteiger partial charge in [-0.3, -0.25) is 14.8 Å². The Labute approximate surface area is 357 Å². The lowest BCUT2D eigenvalue weighted by atomic mass is 9.55. The van der Waals surface area contributed by atoms with E-state index in [1.165, 1.54) is 19.1 Å². The number of likely N-dealkylation sites (tertiary alicyclic amines) is 1. The van der Waals surface area contributed by atoms with E-state index in [-0.39, 0.29) is 16.9 Å². The molecule has 5 rings (SSSR count). The first-order valence-corrected chi connectivity index (χ1v) is 20.9. The van der Waals surface area contributed by atoms with E-state index in [0.29, 0.717) is 42.8 Å². The van der Waals surface area contributed by atoms with E-state index in [4.69, 9.17) is 44.9 Å². The first-order valence-electron chi connectivity index (χ1n) is 20.5. The van der Waals surface area contributed by atoms with E-state index in [0.717, 1.165) is 4.90 Å². The normalized spacial score (nSPS) is 30.4. The summed E-state index contributed by atoms with van der Waals surface area (Å²) in [6.45, 7) is 19.4. The number of hydroxylamine groups is 1. The Morgan fingerprint density at radius 3 is 2.28 bits per heavy atom. The fraction of sp³-hybridized carbons (Fsp3) is 0.698. The van der Waals surface area contributed by atoms with Crippen molar-refractivity contribution in [2.24, 2.45) is 23.7 Å². The molecule has 0 radical (unpaired) electrons. The summed E-state index contributed by atoms with van der Waals surface area (Å²) in [5.41, 5.74) is -4.55. The molecule has 2 fully saturated rings. The van der Waals surface area contributed by atoms with E-state index >= 15 is 4.79 Å². The third kappa shape index (κ3) is 9.01. The topological polar surface area (TPSA) is 180 Å². The van der Waals surface area contributed by atoms with Crippen LogP contribution in [0.2, 0.25) is 5.02 Å². The zero-order valence-corrected chi connectivity index (χ0v) is 37.8. The number of anilines is 1. The lowest BCUT2D eigenvalue weighted by Crippen LogP contribution is -2.66. The van der Waals surface area contributed by atoms with E-state index in [9.17, 15) is 24.3 Å².